The second kappa shape index (κ2) is 7.37. The molecule has 2 aliphatic rings. The Bertz CT molecular complexity index is 572. The van der Waals surface area contributed by atoms with E-state index in [2.05, 4.69) is 12.1 Å². The minimum absolute atomic E-state index is 0.0369. The summed E-state index contributed by atoms with van der Waals surface area (Å²) in [7, 11) is 1.40. The van der Waals surface area contributed by atoms with Gasteiger partial charge >= 0.3 is 5.97 Å². The van der Waals surface area contributed by atoms with Gasteiger partial charge in [0, 0.05) is 18.5 Å². The third-order valence-electron chi connectivity index (χ3n) is 5.75. The van der Waals surface area contributed by atoms with Crippen molar-refractivity contribution in [3.63, 3.8) is 0 Å². The van der Waals surface area contributed by atoms with E-state index in [0.29, 0.717) is 0 Å². The lowest BCUT2D eigenvalue weighted by Crippen LogP contribution is -2.51. The number of hydrogen-bond donors (Lipinski definition) is 0. The van der Waals surface area contributed by atoms with Crippen molar-refractivity contribution in [2.45, 2.75) is 50.4 Å². The molecular formula is C20H27NO3. The number of benzene rings is 1. The van der Waals surface area contributed by atoms with Crippen LogP contribution >= 0.6 is 0 Å². The zero-order chi connectivity index (χ0) is 17.0. The van der Waals surface area contributed by atoms with Gasteiger partial charge in [0.1, 0.15) is 5.92 Å². The van der Waals surface area contributed by atoms with Gasteiger partial charge < -0.3 is 9.64 Å². The topological polar surface area (TPSA) is 46.6 Å². The van der Waals surface area contributed by atoms with Gasteiger partial charge in [0.05, 0.1) is 7.11 Å². The predicted molar refractivity (Wildman–Crippen MR) is 92.5 cm³/mol. The molecule has 4 nitrogen and oxygen atoms in total. The van der Waals surface area contributed by atoms with Crippen LogP contribution < -0.4 is 0 Å². The standard InChI is InChI=1S/C20H27NO3/c1-24-19(23)17(18(22)21-14-8-9-15-21)20(12-6-3-7-13-20)16-10-4-2-5-11-16/h2,4-5,10-11,17H,3,6-9,12-15H2,1H3. The van der Waals surface area contributed by atoms with Crippen molar-refractivity contribution in [2.75, 3.05) is 20.2 Å². The van der Waals surface area contributed by atoms with E-state index in [0.717, 1.165) is 57.2 Å². The number of likely N-dealkylation sites (tertiary alicyclic amines) is 1. The highest BCUT2D eigenvalue weighted by molar-refractivity contribution is 5.99. The highest BCUT2D eigenvalue weighted by Crippen LogP contribution is 2.46. The summed E-state index contributed by atoms with van der Waals surface area (Å²) >= 11 is 0. The number of carbonyl (C=O) groups is 2. The quantitative estimate of drug-likeness (QED) is 0.629. The summed E-state index contributed by atoms with van der Waals surface area (Å²) in [4.78, 5) is 27.8. The largest absolute Gasteiger partial charge is 0.468 e. The molecule has 1 aromatic rings. The molecule has 1 aliphatic heterocycles. The van der Waals surface area contributed by atoms with Crippen LogP contribution in [0.15, 0.2) is 30.3 Å². The van der Waals surface area contributed by atoms with Crippen LogP contribution in [-0.4, -0.2) is 37.0 Å². The molecule has 1 saturated heterocycles. The van der Waals surface area contributed by atoms with Gasteiger partial charge in [-0.1, -0.05) is 49.6 Å². The average molecular weight is 329 g/mol. The van der Waals surface area contributed by atoms with Gasteiger partial charge in [-0.3, -0.25) is 9.59 Å². The molecule has 0 bridgehead atoms. The van der Waals surface area contributed by atoms with E-state index < -0.39 is 11.3 Å². The van der Waals surface area contributed by atoms with Crippen molar-refractivity contribution in [3.8, 4) is 0 Å². The molecule has 3 rings (SSSR count). The van der Waals surface area contributed by atoms with Gasteiger partial charge in [-0.15, -0.1) is 0 Å². The van der Waals surface area contributed by atoms with E-state index in [4.69, 9.17) is 4.74 Å². The van der Waals surface area contributed by atoms with Crippen LogP contribution in [0.4, 0.5) is 0 Å². The number of hydrogen-bond acceptors (Lipinski definition) is 3. The lowest BCUT2D eigenvalue weighted by molar-refractivity contribution is -0.158. The molecule has 1 amide bonds. The Morgan fingerprint density at radius 2 is 1.62 bits per heavy atom. The number of amides is 1. The normalized spacial score (nSPS) is 21.3. The first-order valence-electron chi connectivity index (χ1n) is 9.11. The van der Waals surface area contributed by atoms with Gasteiger partial charge in [-0.25, -0.2) is 0 Å². The Kier molecular flexibility index (Phi) is 5.22. The maximum Gasteiger partial charge on any atom is 0.319 e. The summed E-state index contributed by atoms with van der Waals surface area (Å²) in [6, 6.07) is 10.1. The van der Waals surface area contributed by atoms with Crippen LogP contribution in [0.1, 0.15) is 50.5 Å². The molecular weight excluding hydrogens is 302 g/mol. The van der Waals surface area contributed by atoms with E-state index in [1.807, 2.05) is 23.1 Å². The SMILES string of the molecule is COC(=O)C(C(=O)N1CCCC1)C1(c2ccccc2)CCCCC1. The van der Waals surface area contributed by atoms with Crippen LogP contribution in [0.5, 0.6) is 0 Å². The van der Waals surface area contributed by atoms with Gasteiger partial charge in [0.2, 0.25) is 5.91 Å². The Labute approximate surface area is 144 Å². The molecule has 4 heteroatoms. The third-order valence-corrected chi connectivity index (χ3v) is 5.75. The minimum atomic E-state index is -0.719. The number of nitrogens with zero attached hydrogens (tertiary/aromatic N) is 1. The fraction of sp³-hybridized carbons (Fsp3) is 0.600. The highest BCUT2D eigenvalue weighted by atomic mass is 16.5. The molecule has 1 saturated carbocycles. The van der Waals surface area contributed by atoms with Crippen LogP contribution in [0.25, 0.3) is 0 Å². The lowest BCUT2D eigenvalue weighted by Gasteiger charge is -2.43. The minimum Gasteiger partial charge on any atom is -0.468 e. The summed E-state index contributed by atoms with van der Waals surface area (Å²) < 4.78 is 5.11. The van der Waals surface area contributed by atoms with Crippen molar-refractivity contribution in [1.29, 1.82) is 0 Å². The van der Waals surface area contributed by atoms with E-state index >= 15 is 0 Å². The maximum atomic E-state index is 13.2. The van der Waals surface area contributed by atoms with Crippen molar-refractivity contribution >= 4 is 11.9 Å². The van der Waals surface area contributed by atoms with Gasteiger partial charge in [0.15, 0.2) is 0 Å². The Morgan fingerprint density at radius 1 is 1.00 bits per heavy atom. The Morgan fingerprint density at radius 3 is 2.21 bits per heavy atom. The molecule has 0 aromatic heterocycles. The molecule has 1 heterocycles. The fourth-order valence-electron chi connectivity index (χ4n) is 4.50. The second-order valence-electron chi connectivity index (χ2n) is 7.07. The Balaban J connectivity index is 2.03. The highest BCUT2D eigenvalue weighted by Gasteiger charge is 2.51. The summed E-state index contributed by atoms with van der Waals surface area (Å²) in [6.45, 7) is 1.52. The van der Waals surface area contributed by atoms with Gasteiger partial charge in [-0.05, 0) is 31.2 Å². The molecule has 130 valence electrons. The third kappa shape index (κ3) is 3.06. The zero-order valence-corrected chi connectivity index (χ0v) is 14.5. The van der Waals surface area contributed by atoms with Crippen LogP contribution in [0.2, 0.25) is 0 Å². The molecule has 1 aromatic carbocycles. The first-order chi connectivity index (χ1) is 11.7. The van der Waals surface area contributed by atoms with Gasteiger partial charge in [-0.2, -0.15) is 0 Å². The number of methoxy groups -OCH3 is 1. The van der Waals surface area contributed by atoms with Crippen LogP contribution in [0.3, 0.4) is 0 Å². The summed E-state index contributed by atoms with van der Waals surface area (Å²) in [6.07, 6.45) is 7.06. The summed E-state index contributed by atoms with van der Waals surface area (Å²) in [5.74, 6) is -1.13. The van der Waals surface area contributed by atoms with E-state index in [9.17, 15) is 9.59 Å². The first kappa shape index (κ1) is 17.0. The molecule has 0 spiro atoms. The summed E-state index contributed by atoms with van der Waals surface area (Å²) in [5.41, 5.74) is 0.680. The van der Waals surface area contributed by atoms with Crippen molar-refractivity contribution in [2.24, 2.45) is 5.92 Å². The fourth-order valence-corrected chi connectivity index (χ4v) is 4.50. The van der Waals surface area contributed by atoms with Crippen molar-refractivity contribution in [3.05, 3.63) is 35.9 Å². The smallest absolute Gasteiger partial charge is 0.319 e. The van der Waals surface area contributed by atoms with Crippen molar-refractivity contribution in [1.82, 2.24) is 4.90 Å². The average Bonchev–Trinajstić information content (AvgIpc) is 3.18. The predicted octanol–water partition coefficient (Wildman–Crippen LogP) is 3.30. The van der Waals surface area contributed by atoms with E-state index in [1.54, 1.807) is 0 Å². The first-order valence-corrected chi connectivity index (χ1v) is 9.11. The lowest BCUT2D eigenvalue weighted by atomic mass is 9.61. The molecule has 1 atom stereocenters. The van der Waals surface area contributed by atoms with Gasteiger partial charge in [0.25, 0.3) is 0 Å². The molecule has 1 unspecified atom stereocenters. The maximum absolute atomic E-state index is 13.2. The monoisotopic (exact) mass is 329 g/mol. The number of rotatable bonds is 4. The van der Waals surface area contributed by atoms with Crippen LogP contribution in [-0.2, 0) is 19.7 Å². The number of carbonyl (C=O) groups excluding carboxylic acids is 2. The molecule has 2 fully saturated rings. The molecule has 24 heavy (non-hydrogen) atoms. The zero-order valence-electron chi connectivity index (χ0n) is 14.5. The molecule has 1 aliphatic carbocycles. The molecule has 0 N–H and O–H groups in total. The second-order valence-corrected chi connectivity index (χ2v) is 7.07. The molecule has 0 radical (unpaired) electrons. The van der Waals surface area contributed by atoms with Crippen molar-refractivity contribution < 1.29 is 14.3 Å². The number of ether oxygens (including phenoxy) is 1. The van der Waals surface area contributed by atoms with E-state index in [1.165, 1.54) is 13.5 Å². The Hall–Kier alpha value is -1.84. The van der Waals surface area contributed by atoms with E-state index in [-0.39, 0.29) is 11.9 Å². The van der Waals surface area contributed by atoms with Crippen LogP contribution in [0, 0.1) is 5.92 Å². The summed E-state index contributed by atoms with van der Waals surface area (Å²) in [5, 5.41) is 0. The number of esters is 1.